The van der Waals surface area contributed by atoms with Crippen LogP contribution in [0.25, 0.3) is 0 Å². The molecule has 0 aliphatic heterocycles. The maximum absolute atomic E-state index is 5.11. The summed E-state index contributed by atoms with van der Waals surface area (Å²) in [4.78, 5) is 4.67. The van der Waals surface area contributed by atoms with Crippen LogP contribution in [0.1, 0.15) is 44.3 Å². The van der Waals surface area contributed by atoms with Crippen molar-refractivity contribution in [3.63, 3.8) is 0 Å². The third kappa shape index (κ3) is 6.54. The summed E-state index contributed by atoms with van der Waals surface area (Å²) in [5, 5.41) is 15.1. The van der Waals surface area contributed by atoms with E-state index in [2.05, 4.69) is 32.7 Å². The minimum atomic E-state index is 0. The zero-order valence-electron chi connectivity index (χ0n) is 15.2. The van der Waals surface area contributed by atoms with Crippen LogP contribution in [0.5, 0.6) is 0 Å². The van der Waals surface area contributed by atoms with E-state index in [1.807, 2.05) is 18.5 Å². The van der Waals surface area contributed by atoms with Crippen molar-refractivity contribution in [3.05, 3.63) is 11.6 Å². The van der Waals surface area contributed by atoms with Crippen LogP contribution in [0.2, 0.25) is 0 Å². The number of aliphatic imine (C=N–C) groups is 1. The molecule has 7 nitrogen and oxygen atoms in total. The van der Waals surface area contributed by atoms with Gasteiger partial charge in [0.1, 0.15) is 12.4 Å². The zero-order chi connectivity index (χ0) is 16.7. The molecule has 24 heavy (non-hydrogen) atoms. The molecule has 8 heteroatoms. The molecule has 138 valence electrons. The summed E-state index contributed by atoms with van der Waals surface area (Å²) in [6.07, 6.45) is 4.97. The molecule has 1 aromatic heterocycles. The highest BCUT2D eigenvalue weighted by Gasteiger charge is 2.19. The fraction of sp³-hybridized carbons (Fsp3) is 0.812. The first-order valence-corrected chi connectivity index (χ1v) is 8.48. The Morgan fingerprint density at radius 3 is 2.58 bits per heavy atom. The van der Waals surface area contributed by atoms with Crippen LogP contribution >= 0.6 is 24.0 Å². The molecule has 2 N–H and O–H groups in total. The third-order valence-electron chi connectivity index (χ3n) is 4.52. The molecule has 0 aromatic carbocycles. The van der Waals surface area contributed by atoms with Crippen LogP contribution in [0.4, 0.5) is 0 Å². The zero-order valence-corrected chi connectivity index (χ0v) is 17.5. The summed E-state index contributed by atoms with van der Waals surface area (Å²) in [6.45, 7) is 6.19. The first-order chi connectivity index (χ1) is 11.1. The number of methoxy groups -OCH3 is 1. The predicted octanol–water partition coefficient (Wildman–Crippen LogP) is 2.00. The van der Waals surface area contributed by atoms with E-state index in [1.54, 1.807) is 7.11 Å². The van der Waals surface area contributed by atoms with Crippen LogP contribution in [0.3, 0.4) is 0 Å². The Morgan fingerprint density at radius 1 is 1.29 bits per heavy atom. The first-order valence-electron chi connectivity index (χ1n) is 8.48. The Kier molecular flexibility index (Phi) is 9.57. The van der Waals surface area contributed by atoms with E-state index in [0.717, 1.165) is 30.1 Å². The van der Waals surface area contributed by atoms with Gasteiger partial charge in [-0.05, 0) is 38.5 Å². The lowest BCUT2D eigenvalue weighted by Gasteiger charge is -2.28. The molecule has 0 bridgehead atoms. The van der Waals surface area contributed by atoms with Crippen LogP contribution < -0.4 is 10.6 Å². The summed E-state index contributed by atoms with van der Waals surface area (Å²) in [5.41, 5.74) is 0. The number of nitrogens with one attached hydrogen (secondary N) is 2. The highest BCUT2D eigenvalue weighted by atomic mass is 127. The van der Waals surface area contributed by atoms with Gasteiger partial charge >= 0.3 is 0 Å². The third-order valence-corrected chi connectivity index (χ3v) is 4.52. The average molecular weight is 450 g/mol. The van der Waals surface area contributed by atoms with Crippen molar-refractivity contribution in [2.24, 2.45) is 18.0 Å². The topological polar surface area (TPSA) is 76.4 Å². The summed E-state index contributed by atoms with van der Waals surface area (Å²) in [6, 6.07) is 0.501. The van der Waals surface area contributed by atoms with Gasteiger partial charge in [0.2, 0.25) is 0 Å². The molecule has 2 rings (SSSR count). The minimum Gasteiger partial charge on any atom is -0.383 e. The number of nitrogens with zero attached hydrogens (tertiary/aromatic N) is 4. The van der Waals surface area contributed by atoms with E-state index in [9.17, 15) is 0 Å². The molecule has 0 radical (unpaired) electrons. The van der Waals surface area contributed by atoms with Gasteiger partial charge in [-0.25, -0.2) is 4.99 Å². The van der Waals surface area contributed by atoms with Crippen molar-refractivity contribution in [3.8, 4) is 0 Å². The fourth-order valence-electron chi connectivity index (χ4n) is 2.76. The summed E-state index contributed by atoms with van der Waals surface area (Å²) in [7, 11) is 3.67. The molecule has 1 fully saturated rings. The predicted molar refractivity (Wildman–Crippen MR) is 107 cm³/mol. The molecule has 0 atom stereocenters. The van der Waals surface area contributed by atoms with Crippen LogP contribution in [0.15, 0.2) is 4.99 Å². The van der Waals surface area contributed by atoms with Gasteiger partial charge in [-0.2, -0.15) is 0 Å². The number of hydrogen-bond donors (Lipinski definition) is 2. The molecular formula is C16H31IN6O. The van der Waals surface area contributed by atoms with Gasteiger partial charge in [0.25, 0.3) is 0 Å². The van der Waals surface area contributed by atoms with Crippen molar-refractivity contribution in [2.45, 2.75) is 52.1 Å². The maximum atomic E-state index is 5.11. The summed E-state index contributed by atoms with van der Waals surface area (Å²) < 4.78 is 7.08. The lowest BCUT2D eigenvalue weighted by atomic mass is 9.87. The minimum absolute atomic E-state index is 0. The van der Waals surface area contributed by atoms with E-state index >= 15 is 0 Å². The van der Waals surface area contributed by atoms with Gasteiger partial charge in [-0.1, -0.05) is 6.92 Å². The molecular weight excluding hydrogens is 419 g/mol. The Hall–Kier alpha value is -0.900. The second kappa shape index (κ2) is 10.9. The van der Waals surface area contributed by atoms with Crippen LogP contribution in [0, 0.1) is 12.8 Å². The molecule has 1 saturated carbocycles. The SMILES string of the molecule is COCCNC(=NCc1nnc(C)n1C)NC1CCC(C)CC1.I. The van der Waals surface area contributed by atoms with Gasteiger partial charge in [-0.3, -0.25) is 0 Å². The van der Waals surface area contributed by atoms with E-state index in [-0.39, 0.29) is 24.0 Å². The number of rotatable bonds is 6. The summed E-state index contributed by atoms with van der Waals surface area (Å²) in [5.74, 6) is 3.45. The monoisotopic (exact) mass is 450 g/mol. The smallest absolute Gasteiger partial charge is 0.192 e. The lowest BCUT2D eigenvalue weighted by molar-refractivity contribution is 0.203. The highest BCUT2D eigenvalue weighted by molar-refractivity contribution is 14.0. The first kappa shape index (κ1) is 21.1. The number of halogens is 1. The Bertz CT molecular complexity index is 511. The van der Waals surface area contributed by atoms with Crippen molar-refractivity contribution < 1.29 is 4.74 Å². The highest BCUT2D eigenvalue weighted by Crippen LogP contribution is 2.23. The number of aromatic nitrogens is 3. The van der Waals surface area contributed by atoms with Gasteiger partial charge in [0, 0.05) is 26.7 Å². The quantitative estimate of drug-likeness (QED) is 0.300. The van der Waals surface area contributed by atoms with E-state index < -0.39 is 0 Å². The lowest BCUT2D eigenvalue weighted by Crippen LogP contribution is -2.45. The Morgan fingerprint density at radius 2 is 2.00 bits per heavy atom. The van der Waals surface area contributed by atoms with Crippen molar-refractivity contribution in [2.75, 3.05) is 20.3 Å². The van der Waals surface area contributed by atoms with Gasteiger partial charge < -0.3 is 19.9 Å². The molecule has 1 aromatic rings. The number of ether oxygens (including phenoxy) is 1. The van der Waals surface area contributed by atoms with E-state index in [0.29, 0.717) is 19.2 Å². The van der Waals surface area contributed by atoms with Gasteiger partial charge in [-0.15, -0.1) is 34.2 Å². The normalized spacial score (nSPS) is 21.2. The Labute approximate surface area is 162 Å². The van der Waals surface area contributed by atoms with Crippen molar-refractivity contribution in [1.29, 1.82) is 0 Å². The van der Waals surface area contributed by atoms with E-state index in [1.165, 1.54) is 25.7 Å². The van der Waals surface area contributed by atoms with Gasteiger partial charge in [0.05, 0.1) is 6.61 Å². The van der Waals surface area contributed by atoms with E-state index in [4.69, 9.17) is 4.74 Å². The summed E-state index contributed by atoms with van der Waals surface area (Å²) >= 11 is 0. The van der Waals surface area contributed by atoms with Crippen molar-refractivity contribution in [1.82, 2.24) is 25.4 Å². The molecule has 0 amide bonds. The molecule has 1 aliphatic carbocycles. The molecule has 0 spiro atoms. The largest absolute Gasteiger partial charge is 0.383 e. The second-order valence-electron chi connectivity index (χ2n) is 6.41. The van der Waals surface area contributed by atoms with Gasteiger partial charge in [0.15, 0.2) is 11.8 Å². The average Bonchev–Trinajstić information content (AvgIpc) is 2.86. The maximum Gasteiger partial charge on any atom is 0.192 e. The number of aryl methyl sites for hydroxylation is 1. The van der Waals surface area contributed by atoms with Crippen LogP contribution in [-0.2, 0) is 18.3 Å². The van der Waals surface area contributed by atoms with Crippen LogP contribution in [-0.4, -0.2) is 47.0 Å². The fourth-order valence-corrected chi connectivity index (χ4v) is 2.76. The molecule has 0 unspecified atom stereocenters. The Balaban J connectivity index is 0.00000288. The molecule has 1 aliphatic rings. The molecule has 1 heterocycles. The van der Waals surface area contributed by atoms with Crippen molar-refractivity contribution >= 4 is 29.9 Å². The standard InChI is InChI=1S/C16H30N6O.HI/c1-12-5-7-14(8-6-12)19-16(17-9-10-23-4)18-11-15-21-20-13(2)22(15)3;/h12,14H,5-11H2,1-4H3,(H2,17,18,19);1H. The second-order valence-corrected chi connectivity index (χ2v) is 6.41. The molecule has 0 saturated heterocycles. The number of guanidine groups is 1. The number of hydrogen-bond acceptors (Lipinski definition) is 4.